The zero-order valence-electron chi connectivity index (χ0n) is 18.3. The van der Waals surface area contributed by atoms with Gasteiger partial charge in [0.15, 0.2) is 5.96 Å². The van der Waals surface area contributed by atoms with Crippen LogP contribution in [0.1, 0.15) is 29.7 Å². The Morgan fingerprint density at radius 3 is 2.56 bits per heavy atom. The molecule has 2 heterocycles. The van der Waals surface area contributed by atoms with Gasteiger partial charge in [-0.25, -0.2) is 4.39 Å². The molecule has 2 unspecified atom stereocenters. The average molecular weight is 549 g/mol. The largest absolute Gasteiger partial charge is 0.367 e. The van der Waals surface area contributed by atoms with E-state index in [2.05, 4.69) is 39.4 Å². The van der Waals surface area contributed by atoms with Crippen molar-refractivity contribution in [1.29, 1.82) is 0 Å². The van der Waals surface area contributed by atoms with Gasteiger partial charge in [0.05, 0.1) is 19.2 Å². The van der Waals surface area contributed by atoms with Gasteiger partial charge in [-0.1, -0.05) is 36.4 Å². The van der Waals surface area contributed by atoms with Crippen LogP contribution in [-0.4, -0.2) is 46.9 Å². The van der Waals surface area contributed by atoms with Crippen LogP contribution >= 0.6 is 24.0 Å². The van der Waals surface area contributed by atoms with Gasteiger partial charge in [-0.3, -0.25) is 9.67 Å². The van der Waals surface area contributed by atoms with Crippen molar-refractivity contribution in [2.75, 3.05) is 20.1 Å². The van der Waals surface area contributed by atoms with Crippen molar-refractivity contribution < 1.29 is 9.13 Å². The molecule has 0 radical (unpaired) electrons. The third kappa shape index (κ3) is 6.07. The molecule has 0 spiro atoms. The standard InChI is InChI=1S/C24H28FN5O.HI/c1-18-15-29(17-23(31-18)19-8-10-22(25)11-9-19)24(26-2)27-14-20-6-3-4-7-21(20)16-30-13-5-12-28-30;/h3-13,18,23H,14-17H2,1-2H3,(H,26,27);1H. The molecule has 0 bridgehead atoms. The van der Waals surface area contributed by atoms with Crippen LogP contribution in [0.25, 0.3) is 0 Å². The first-order valence-corrected chi connectivity index (χ1v) is 10.5. The van der Waals surface area contributed by atoms with Crippen LogP contribution in [0.4, 0.5) is 4.39 Å². The van der Waals surface area contributed by atoms with E-state index in [1.165, 1.54) is 23.3 Å². The Labute approximate surface area is 205 Å². The highest BCUT2D eigenvalue weighted by atomic mass is 127. The number of nitrogens with one attached hydrogen (secondary N) is 1. The molecule has 8 heteroatoms. The van der Waals surface area contributed by atoms with Gasteiger partial charge in [0, 0.05) is 32.5 Å². The van der Waals surface area contributed by atoms with Gasteiger partial charge in [-0.15, -0.1) is 24.0 Å². The van der Waals surface area contributed by atoms with Crippen molar-refractivity contribution in [1.82, 2.24) is 20.0 Å². The van der Waals surface area contributed by atoms with Crippen LogP contribution in [0, 0.1) is 5.82 Å². The van der Waals surface area contributed by atoms with E-state index < -0.39 is 0 Å². The number of aliphatic imine (C=N–C) groups is 1. The molecule has 0 saturated carbocycles. The van der Waals surface area contributed by atoms with E-state index in [0.29, 0.717) is 13.1 Å². The molecular weight excluding hydrogens is 520 g/mol. The molecule has 1 saturated heterocycles. The van der Waals surface area contributed by atoms with Crippen LogP contribution in [0.2, 0.25) is 0 Å². The second-order valence-electron chi connectivity index (χ2n) is 7.76. The minimum absolute atomic E-state index is 0. The lowest BCUT2D eigenvalue weighted by Gasteiger charge is -2.38. The highest BCUT2D eigenvalue weighted by molar-refractivity contribution is 14.0. The number of halogens is 2. The molecular formula is C24H29FIN5O. The molecule has 2 atom stereocenters. The van der Waals surface area contributed by atoms with Gasteiger partial charge in [0.25, 0.3) is 0 Å². The second-order valence-corrected chi connectivity index (χ2v) is 7.76. The fourth-order valence-corrected chi connectivity index (χ4v) is 3.95. The number of morpholine rings is 1. The number of aromatic nitrogens is 2. The first-order valence-electron chi connectivity index (χ1n) is 10.5. The SMILES string of the molecule is CN=C(NCc1ccccc1Cn1cccn1)N1CC(C)OC(c2ccc(F)cc2)C1.I. The minimum atomic E-state index is -0.240. The lowest BCUT2D eigenvalue weighted by molar-refractivity contribution is -0.0605. The van der Waals surface area contributed by atoms with Crippen LogP contribution in [0.5, 0.6) is 0 Å². The molecule has 6 nitrogen and oxygen atoms in total. The number of hydrogen-bond acceptors (Lipinski definition) is 3. The maximum atomic E-state index is 13.3. The molecule has 1 N–H and O–H groups in total. The number of ether oxygens (including phenoxy) is 1. The average Bonchev–Trinajstić information content (AvgIpc) is 3.28. The quantitative estimate of drug-likeness (QED) is 0.294. The predicted octanol–water partition coefficient (Wildman–Crippen LogP) is 4.23. The molecule has 4 rings (SSSR count). The second kappa shape index (κ2) is 11.4. The van der Waals surface area contributed by atoms with E-state index in [9.17, 15) is 4.39 Å². The summed E-state index contributed by atoms with van der Waals surface area (Å²) in [7, 11) is 1.80. The van der Waals surface area contributed by atoms with Crippen molar-refractivity contribution in [2.24, 2.45) is 4.99 Å². The van der Waals surface area contributed by atoms with Crippen molar-refractivity contribution in [3.63, 3.8) is 0 Å². The zero-order valence-corrected chi connectivity index (χ0v) is 20.6. The Bertz CT molecular complexity index is 1010. The van der Waals surface area contributed by atoms with Crippen LogP contribution in [0.3, 0.4) is 0 Å². The van der Waals surface area contributed by atoms with Crippen LogP contribution in [-0.2, 0) is 17.8 Å². The Morgan fingerprint density at radius 1 is 1.12 bits per heavy atom. The lowest BCUT2D eigenvalue weighted by atomic mass is 10.1. The molecule has 1 aliphatic heterocycles. The van der Waals surface area contributed by atoms with Crippen molar-refractivity contribution >= 4 is 29.9 Å². The molecule has 3 aromatic rings. The molecule has 1 aromatic heterocycles. The summed E-state index contributed by atoms with van der Waals surface area (Å²) >= 11 is 0. The third-order valence-electron chi connectivity index (χ3n) is 5.46. The summed E-state index contributed by atoms with van der Waals surface area (Å²) in [5.74, 6) is 0.590. The minimum Gasteiger partial charge on any atom is -0.367 e. The number of benzene rings is 2. The van der Waals surface area contributed by atoms with Gasteiger partial charge in [0.2, 0.25) is 0 Å². The number of nitrogens with zero attached hydrogens (tertiary/aromatic N) is 4. The van der Waals surface area contributed by atoms with Crippen molar-refractivity contribution in [3.05, 3.63) is 89.5 Å². The summed E-state index contributed by atoms with van der Waals surface area (Å²) in [6.07, 6.45) is 3.66. The van der Waals surface area contributed by atoms with Gasteiger partial charge in [-0.05, 0) is 41.8 Å². The first-order chi connectivity index (χ1) is 15.1. The predicted molar refractivity (Wildman–Crippen MR) is 135 cm³/mol. The van der Waals surface area contributed by atoms with Gasteiger partial charge in [-0.2, -0.15) is 5.10 Å². The van der Waals surface area contributed by atoms with Crippen molar-refractivity contribution in [3.8, 4) is 0 Å². The zero-order chi connectivity index (χ0) is 21.6. The summed E-state index contributed by atoms with van der Waals surface area (Å²) in [5.41, 5.74) is 3.39. The monoisotopic (exact) mass is 549 g/mol. The van der Waals surface area contributed by atoms with Crippen LogP contribution < -0.4 is 5.32 Å². The maximum absolute atomic E-state index is 13.3. The Morgan fingerprint density at radius 2 is 1.88 bits per heavy atom. The molecule has 2 aromatic carbocycles. The summed E-state index contributed by atoms with van der Waals surface area (Å²) in [6, 6.07) is 16.8. The van der Waals surface area contributed by atoms with E-state index >= 15 is 0 Å². The summed E-state index contributed by atoms with van der Waals surface area (Å²) < 4.78 is 21.4. The molecule has 0 amide bonds. The third-order valence-corrected chi connectivity index (χ3v) is 5.46. The van der Waals surface area contributed by atoms with Crippen LogP contribution in [0.15, 0.2) is 72.0 Å². The Balaban J connectivity index is 0.00000289. The van der Waals surface area contributed by atoms with E-state index in [1.807, 2.05) is 29.1 Å². The highest BCUT2D eigenvalue weighted by Gasteiger charge is 2.28. The number of rotatable bonds is 5. The summed E-state index contributed by atoms with van der Waals surface area (Å²) in [6.45, 7) is 4.84. The van der Waals surface area contributed by atoms with E-state index in [0.717, 1.165) is 24.6 Å². The molecule has 1 fully saturated rings. The van der Waals surface area contributed by atoms with Crippen molar-refractivity contribution in [2.45, 2.75) is 32.2 Å². The van der Waals surface area contributed by atoms with Gasteiger partial charge in [0.1, 0.15) is 11.9 Å². The first kappa shape index (κ1) is 24.2. The lowest BCUT2D eigenvalue weighted by Crippen LogP contribution is -2.50. The van der Waals surface area contributed by atoms with E-state index in [4.69, 9.17) is 4.74 Å². The Kier molecular flexibility index (Phi) is 8.63. The smallest absolute Gasteiger partial charge is 0.194 e. The Hall–Kier alpha value is -2.46. The van der Waals surface area contributed by atoms with E-state index in [1.54, 1.807) is 25.4 Å². The maximum Gasteiger partial charge on any atom is 0.194 e. The topological polar surface area (TPSA) is 54.7 Å². The number of hydrogen-bond donors (Lipinski definition) is 1. The van der Waals surface area contributed by atoms with Gasteiger partial charge < -0.3 is 15.0 Å². The fourth-order valence-electron chi connectivity index (χ4n) is 3.95. The number of guanidine groups is 1. The summed E-state index contributed by atoms with van der Waals surface area (Å²) in [5, 5.41) is 7.82. The molecule has 32 heavy (non-hydrogen) atoms. The molecule has 1 aliphatic rings. The van der Waals surface area contributed by atoms with E-state index in [-0.39, 0.29) is 42.0 Å². The molecule has 170 valence electrons. The molecule has 0 aliphatic carbocycles. The normalized spacial score (nSPS) is 18.8. The highest BCUT2D eigenvalue weighted by Crippen LogP contribution is 2.25. The summed E-state index contributed by atoms with van der Waals surface area (Å²) in [4.78, 5) is 6.71. The fraction of sp³-hybridized carbons (Fsp3) is 0.333. The van der Waals surface area contributed by atoms with Gasteiger partial charge >= 0.3 is 0 Å².